The van der Waals surface area contributed by atoms with Crippen molar-refractivity contribution in [2.45, 2.75) is 13.8 Å². The van der Waals surface area contributed by atoms with Crippen LogP contribution in [0.5, 0.6) is 0 Å². The number of aromatic nitrogens is 1. The summed E-state index contributed by atoms with van der Waals surface area (Å²) in [6.45, 7) is 3.94. The van der Waals surface area contributed by atoms with Crippen molar-refractivity contribution in [3.8, 4) is 5.69 Å². The van der Waals surface area contributed by atoms with Crippen LogP contribution in [0, 0.1) is 17.8 Å². The van der Waals surface area contributed by atoms with Crippen molar-refractivity contribution in [3.05, 3.63) is 68.5 Å². The summed E-state index contributed by atoms with van der Waals surface area (Å²) in [6, 6.07) is 15.5. The van der Waals surface area contributed by atoms with Gasteiger partial charge in [0, 0.05) is 11.4 Å². The van der Waals surface area contributed by atoms with Crippen LogP contribution in [0.3, 0.4) is 0 Å². The molecule has 6 heteroatoms. The normalized spacial score (nSPS) is 10.6. The topological polar surface area (TPSA) is 60.0 Å². The maximum atomic E-state index is 12.6. The minimum atomic E-state index is -0.246. The molecule has 3 N–H and O–H groups in total. The number of amides is 1. The highest BCUT2D eigenvalue weighted by Crippen LogP contribution is 2.27. The predicted molar refractivity (Wildman–Crippen MR) is 103 cm³/mol. The van der Waals surface area contributed by atoms with Gasteiger partial charge in [-0.25, -0.2) is 0 Å². The van der Waals surface area contributed by atoms with Crippen LogP contribution in [-0.2, 0) is 0 Å². The van der Waals surface area contributed by atoms with E-state index in [9.17, 15) is 4.79 Å². The number of anilines is 2. The molecule has 0 saturated heterocycles. The van der Waals surface area contributed by atoms with Crippen LogP contribution in [-0.4, -0.2) is 10.5 Å². The Hall–Kier alpha value is -2.44. The minimum Gasteiger partial charge on any atom is -0.383 e. The summed E-state index contributed by atoms with van der Waals surface area (Å²) >= 11 is 6.63. The molecule has 0 atom stereocenters. The molecule has 4 nitrogen and oxygen atoms in total. The molecule has 1 amide bonds. The fraction of sp³-hybridized carbons (Fsp3) is 0.111. The van der Waals surface area contributed by atoms with Crippen molar-refractivity contribution < 1.29 is 4.79 Å². The molecule has 0 saturated carbocycles. The van der Waals surface area contributed by atoms with E-state index in [-0.39, 0.29) is 5.91 Å². The predicted octanol–water partition coefficient (Wildman–Crippen LogP) is 4.72. The Balaban J connectivity index is 1.99. The van der Waals surface area contributed by atoms with Gasteiger partial charge in [0.2, 0.25) is 0 Å². The average molecular weight is 355 g/mol. The van der Waals surface area contributed by atoms with Crippen LogP contribution < -0.4 is 11.1 Å². The number of benzene rings is 2. The van der Waals surface area contributed by atoms with Crippen molar-refractivity contribution in [2.75, 3.05) is 11.1 Å². The van der Waals surface area contributed by atoms with E-state index in [1.54, 1.807) is 4.57 Å². The van der Waals surface area contributed by atoms with Crippen molar-refractivity contribution in [3.63, 3.8) is 0 Å². The van der Waals surface area contributed by atoms with Gasteiger partial charge in [-0.05, 0) is 55.4 Å². The summed E-state index contributed by atoms with van der Waals surface area (Å²) in [5, 5.41) is 2.90. The van der Waals surface area contributed by atoms with Gasteiger partial charge in [-0.3, -0.25) is 9.36 Å². The molecule has 0 aliphatic carbocycles. The minimum absolute atomic E-state index is 0.246. The Morgan fingerprint density at radius 3 is 2.62 bits per heavy atom. The first-order valence-electron chi connectivity index (χ1n) is 7.42. The Kier molecular flexibility index (Phi) is 4.51. The summed E-state index contributed by atoms with van der Waals surface area (Å²) in [7, 11) is 0. The number of nitrogens with two attached hydrogens (primary N) is 1. The van der Waals surface area contributed by atoms with Gasteiger partial charge in [0.05, 0.1) is 0 Å². The molecule has 1 aromatic heterocycles. The monoisotopic (exact) mass is 355 g/mol. The van der Waals surface area contributed by atoms with Crippen LogP contribution >= 0.6 is 23.6 Å². The number of aryl methyl sites for hydroxylation is 2. The molecule has 0 bridgehead atoms. The molecule has 1 heterocycles. The molecule has 3 aromatic rings. The van der Waals surface area contributed by atoms with Gasteiger partial charge in [0.15, 0.2) is 3.95 Å². The summed E-state index contributed by atoms with van der Waals surface area (Å²) in [4.78, 5) is 13.0. The number of nitrogen functional groups attached to an aromatic ring is 1. The quantitative estimate of drug-likeness (QED) is 0.668. The van der Waals surface area contributed by atoms with E-state index in [0.717, 1.165) is 22.5 Å². The molecule has 24 heavy (non-hydrogen) atoms. The molecular formula is C18H17N3OS2. The SMILES string of the molecule is Cc1cccc(-n2c(N)c(C(=O)Nc3ccccc3C)sc2=S)c1. The second-order valence-corrected chi connectivity index (χ2v) is 7.17. The number of carbonyl (C=O) groups is 1. The first-order valence-corrected chi connectivity index (χ1v) is 8.65. The number of hydrogen-bond donors (Lipinski definition) is 2. The molecule has 0 spiro atoms. The van der Waals surface area contributed by atoms with Gasteiger partial charge in [0.25, 0.3) is 5.91 Å². The summed E-state index contributed by atoms with van der Waals surface area (Å²) < 4.78 is 2.28. The van der Waals surface area contributed by atoms with Crippen molar-refractivity contribution in [2.24, 2.45) is 0 Å². The summed E-state index contributed by atoms with van der Waals surface area (Å²) in [5.41, 5.74) is 9.95. The average Bonchev–Trinajstić information content (AvgIpc) is 2.84. The maximum absolute atomic E-state index is 12.6. The second-order valence-electron chi connectivity index (χ2n) is 5.53. The fourth-order valence-corrected chi connectivity index (χ4v) is 3.71. The van der Waals surface area contributed by atoms with Crippen molar-refractivity contribution in [1.29, 1.82) is 0 Å². The lowest BCUT2D eigenvalue weighted by Crippen LogP contribution is -2.14. The first-order chi connectivity index (χ1) is 11.5. The highest BCUT2D eigenvalue weighted by molar-refractivity contribution is 7.73. The van der Waals surface area contributed by atoms with E-state index in [4.69, 9.17) is 18.0 Å². The Bertz CT molecular complexity index is 972. The molecule has 3 rings (SSSR count). The molecule has 0 aliphatic heterocycles. The zero-order chi connectivity index (χ0) is 17.3. The largest absolute Gasteiger partial charge is 0.383 e. The number of rotatable bonds is 3. The van der Waals surface area contributed by atoms with E-state index in [1.165, 1.54) is 11.3 Å². The number of hydrogen-bond acceptors (Lipinski definition) is 4. The lowest BCUT2D eigenvalue weighted by Gasteiger charge is -2.09. The van der Waals surface area contributed by atoms with Crippen LogP contribution in [0.1, 0.15) is 20.8 Å². The fourth-order valence-electron chi connectivity index (χ4n) is 2.45. The third kappa shape index (κ3) is 3.11. The van der Waals surface area contributed by atoms with Crippen LogP contribution in [0.25, 0.3) is 5.69 Å². The number of nitrogens with zero attached hydrogens (tertiary/aromatic N) is 1. The Labute approximate surface area is 149 Å². The highest BCUT2D eigenvalue weighted by Gasteiger charge is 2.18. The summed E-state index contributed by atoms with van der Waals surface area (Å²) in [6.07, 6.45) is 0. The van der Waals surface area contributed by atoms with E-state index in [0.29, 0.717) is 14.6 Å². The van der Waals surface area contributed by atoms with Gasteiger partial charge < -0.3 is 11.1 Å². The number of carbonyl (C=O) groups excluding carboxylic acids is 1. The van der Waals surface area contributed by atoms with Crippen LogP contribution in [0.2, 0.25) is 0 Å². The van der Waals surface area contributed by atoms with Gasteiger partial charge in [0.1, 0.15) is 10.7 Å². The van der Waals surface area contributed by atoms with Crippen molar-refractivity contribution in [1.82, 2.24) is 4.57 Å². The van der Waals surface area contributed by atoms with Gasteiger partial charge in [-0.1, -0.05) is 41.7 Å². The van der Waals surface area contributed by atoms with E-state index in [1.807, 2.05) is 62.4 Å². The number of thiazole rings is 1. The van der Waals surface area contributed by atoms with E-state index in [2.05, 4.69) is 5.32 Å². The molecule has 0 aliphatic rings. The smallest absolute Gasteiger partial charge is 0.269 e. The number of nitrogens with one attached hydrogen (secondary N) is 1. The summed E-state index contributed by atoms with van der Waals surface area (Å²) in [5.74, 6) is 0.117. The van der Waals surface area contributed by atoms with Gasteiger partial charge in [-0.15, -0.1) is 0 Å². The van der Waals surface area contributed by atoms with Crippen LogP contribution in [0.15, 0.2) is 48.5 Å². The Morgan fingerprint density at radius 1 is 1.17 bits per heavy atom. The zero-order valence-electron chi connectivity index (χ0n) is 13.4. The molecule has 122 valence electrons. The standard InChI is InChI=1S/C18H17N3OS2/c1-11-6-5-8-13(10-11)21-16(19)15(24-18(21)23)17(22)20-14-9-4-3-7-12(14)2/h3-10H,19H2,1-2H3,(H,20,22). The van der Waals surface area contributed by atoms with E-state index < -0.39 is 0 Å². The lowest BCUT2D eigenvalue weighted by atomic mass is 10.2. The first kappa shape index (κ1) is 16.4. The highest BCUT2D eigenvalue weighted by atomic mass is 32.1. The molecule has 2 aromatic carbocycles. The molecule has 0 radical (unpaired) electrons. The van der Waals surface area contributed by atoms with Gasteiger partial charge >= 0.3 is 0 Å². The number of para-hydroxylation sites is 1. The zero-order valence-corrected chi connectivity index (χ0v) is 15.0. The van der Waals surface area contributed by atoms with E-state index >= 15 is 0 Å². The second kappa shape index (κ2) is 6.59. The molecule has 0 unspecified atom stereocenters. The maximum Gasteiger partial charge on any atom is 0.269 e. The van der Waals surface area contributed by atoms with Crippen LogP contribution in [0.4, 0.5) is 11.5 Å². The molecule has 0 fully saturated rings. The lowest BCUT2D eigenvalue weighted by molar-refractivity contribution is 0.103. The third-order valence-electron chi connectivity index (χ3n) is 3.70. The van der Waals surface area contributed by atoms with Crippen molar-refractivity contribution >= 4 is 41.0 Å². The van der Waals surface area contributed by atoms with Gasteiger partial charge in [-0.2, -0.15) is 0 Å². The third-order valence-corrected chi connectivity index (χ3v) is 5.09. The molecular weight excluding hydrogens is 338 g/mol. The Morgan fingerprint density at radius 2 is 1.92 bits per heavy atom.